The minimum absolute atomic E-state index is 0.136. The number of amides is 3. The van der Waals surface area contributed by atoms with Crippen molar-refractivity contribution < 1.29 is 9.59 Å². The van der Waals surface area contributed by atoms with Gasteiger partial charge in [0.15, 0.2) is 0 Å². The molecule has 6 nitrogen and oxygen atoms in total. The van der Waals surface area contributed by atoms with Gasteiger partial charge in [0.25, 0.3) is 5.91 Å². The maximum absolute atomic E-state index is 13.1. The number of nitrogens with zero attached hydrogens (tertiary/aromatic N) is 1. The van der Waals surface area contributed by atoms with Gasteiger partial charge < -0.3 is 20.9 Å². The van der Waals surface area contributed by atoms with Gasteiger partial charge in [-0.2, -0.15) is 0 Å². The van der Waals surface area contributed by atoms with Gasteiger partial charge in [-0.15, -0.1) is 0 Å². The normalized spacial score (nSPS) is 12.9. The van der Waals surface area contributed by atoms with Gasteiger partial charge in [0.2, 0.25) is 0 Å². The van der Waals surface area contributed by atoms with E-state index >= 15 is 0 Å². The first-order chi connectivity index (χ1) is 16.1. The van der Waals surface area contributed by atoms with Crippen molar-refractivity contribution in [3.63, 3.8) is 0 Å². The summed E-state index contributed by atoms with van der Waals surface area (Å²) in [5.74, 6) is -0.136. The Bertz CT molecular complexity index is 1110. The first-order valence-electron chi connectivity index (χ1n) is 11.1. The van der Waals surface area contributed by atoms with Crippen LogP contribution in [0.3, 0.4) is 0 Å². The number of para-hydroxylation sites is 1. The van der Waals surface area contributed by atoms with Crippen LogP contribution in [-0.2, 0) is 6.42 Å². The molecule has 3 amide bonds. The zero-order valence-electron chi connectivity index (χ0n) is 18.3. The molecule has 4 rings (SSSR count). The lowest BCUT2D eigenvalue weighted by Gasteiger charge is -2.22. The van der Waals surface area contributed by atoms with Gasteiger partial charge in [0.05, 0.1) is 11.3 Å². The average Bonchev–Trinajstić information content (AvgIpc) is 3.36. The number of nitrogens with one attached hydrogen (secondary N) is 3. The zero-order chi connectivity index (χ0) is 23.0. The molecule has 1 fully saturated rings. The molecule has 7 heteroatoms. The highest BCUT2D eigenvalue weighted by Gasteiger charge is 2.20. The molecule has 0 saturated carbocycles. The minimum atomic E-state index is -0.369. The van der Waals surface area contributed by atoms with Gasteiger partial charge >= 0.3 is 6.03 Å². The molecule has 170 valence electrons. The summed E-state index contributed by atoms with van der Waals surface area (Å²) in [6.07, 6.45) is 2.99. The highest BCUT2D eigenvalue weighted by molar-refractivity contribution is 9.10. The van der Waals surface area contributed by atoms with Crippen LogP contribution in [0.2, 0.25) is 0 Å². The molecule has 1 aliphatic heterocycles. The fourth-order valence-electron chi connectivity index (χ4n) is 3.94. The Labute approximate surface area is 202 Å². The van der Waals surface area contributed by atoms with Gasteiger partial charge in [0.1, 0.15) is 0 Å². The van der Waals surface area contributed by atoms with Crippen LogP contribution in [-0.4, -0.2) is 31.6 Å². The van der Waals surface area contributed by atoms with Crippen LogP contribution in [0.4, 0.5) is 21.9 Å². The molecule has 0 atom stereocenters. The molecule has 0 unspecified atom stereocenters. The van der Waals surface area contributed by atoms with Crippen LogP contribution in [0.25, 0.3) is 0 Å². The van der Waals surface area contributed by atoms with Gasteiger partial charge in [-0.05, 0) is 71.1 Å². The quantitative estimate of drug-likeness (QED) is 0.386. The second-order valence-corrected chi connectivity index (χ2v) is 8.83. The summed E-state index contributed by atoms with van der Waals surface area (Å²) >= 11 is 3.43. The maximum atomic E-state index is 13.1. The summed E-state index contributed by atoms with van der Waals surface area (Å²) < 4.78 is 0.794. The Balaban J connectivity index is 1.47. The highest BCUT2D eigenvalue weighted by Crippen LogP contribution is 2.28. The summed E-state index contributed by atoms with van der Waals surface area (Å²) in [6.45, 7) is 2.40. The SMILES string of the molecule is O=C(Nc1ccc(N2CCCC2)c(C(=O)NCCc2ccccc2)c1)Nc1ccccc1Br. The second-order valence-electron chi connectivity index (χ2n) is 7.98. The van der Waals surface area contributed by atoms with Crippen molar-refractivity contribution in [3.8, 4) is 0 Å². The number of rotatable bonds is 7. The molecule has 1 aliphatic rings. The van der Waals surface area contributed by atoms with Crippen LogP contribution < -0.4 is 20.9 Å². The third-order valence-electron chi connectivity index (χ3n) is 5.61. The zero-order valence-corrected chi connectivity index (χ0v) is 19.9. The summed E-state index contributed by atoms with van der Waals surface area (Å²) in [5.41, 5.74) is 3.89. The monoisotopic (exact) mass is 506 g/mol. The van der Waals surface area contributed by atoms with Crippen LogP contribution in [0.5, 0.6) is 0 Å². The Hall–Kier alpha value is -3.32. The Morgan fingerprint density at radius 3 is 2.36 bits per heavy atom. The van der Waals surface area contributed by atoms with E-state index in [1.807, 2.05) is 54.6 Å². The molecule has 0 aromatic heterocycles. The molecule has 0 spiro atoms. The van der Waals surface area contributed by atoms with Gasteiger partial charge in [-0.3, -0.25) is 4.79 Å². The fraction of sp³-hybridized carbons (Fsp3) is 0.231. The first kappa shape index (κ1) is 22.9. The van der Waals surface area contributed by atoms with E-state index in [0.717, 1.165) is 42.5 Å². The van der Waals surface area contributed by atoms with E-state index in [9.17, 15) is 9.59 Å². The van der Waals surface area contributed by atoms with E-state index in [2.05, 4.69) is 48.9 Å². The van der Waals surface area contributed by atoms with Crippen molar-refractivity contribution in [2.45, 2.75) is 19.3 Å². The molecule has 1 saturated heterocycles. The van der Waals surface area contributed by atoms with Crippen molar-refractivity contribution in [2.75, 3.05) is 35.2 Å². The molecule has 0 bridgehead atoms. The second kappa shape index (κ2) is 11.0. The summed E-state index contributed by atoms with van der Waals surface area (Å²) in [6, 6.07) is 22.6. The van der Waals surface area contributed by atoms with Crippen LogP contribution in [0.1, 0.15) is 28.8 Å². The molecular weight excluding hydrogens is 480 g/mol. The predicted molar refractivity (Wildman–Crippen MR) is 137 cm³/mol. The summed E-state index contributed by atoms with van der Waals surface area (Å²) in [4.78, 5) is 27.9. The number of halogens is 1. The standard InChI is InChI=1S/C26H27BrN4O2/c27-22-10-4-5-11-23(22)30-26(33)29-20-12-13-24(31-16-6-7-17-31)21(18-20)25(32)28-15-14-19-8-2-1-3-9-19/h1-5,8-13,18H,6-7,14-17H2,(H,28,32)(H2,29,30,33). The van der Waals surface area contributed by atoms with Crippen LogP contribution >= 0.6 is 15.9 Å². The molecule has 3 N–H and O–H groups in total. The van der Waals surface area contributed by atoms with E-state index in [1.54, 1.807) is 6.07 Å². The van der Waals surface area contributed by atoms with E-state index < -0.39 is 0 Å². The predicted octanol–water partition coefficient (Wildman–Crippen LogP) is 5.67. The van der Waals surface area contributed by atoms with Crippen molar-refractivity contribution in [1.82, 2.24) is 5.32 Å². The Kier molecular flexibility index (Phi) is 7.62. The Morgan fingerprint density at radius 1 is 0.879 bits per heavy atom. The van der Waals surface area contributed by atoms with Gasteiger partial charge in [-0.25, -0.2) is 4.79 Å². The topological polar surface area (TPSA) is 73.5 Å². The highest BCUT2D eigenvalue weighted by atomic mass is 79.9. The minimum Gasteiger partial charge on any atom is -0.371 e. The molecule has 0 aliphatic carbocycles. The van der Waals surface area contributed by atoms with E-state index in [4.69, 9.17) is 0 Å². The van der Waals surface area contributed by atoms with Crippen molar-refractivity contribution in [1.29, 1.82) is 0 Å². The van der Waals surface area contributed by atoms with Crippen molar-refractivity contribution >= 4 is 44.9 Å². The third kappa shape index (κ3) is 6.14. The summed E-state index contributed by atoms with van der Waals surface area (Å²) in [7, 11) is 0. The van der Waals surface area contributed by atoms with E-state index in [-0.39, 0.29) is 11.9 Å². The lowest BCUT2D eigenvalue weighted by atomic mass is 10.1. The molecule has 3 aromatic carbocycles. The van der Waals surface area contributed by atoms with Crippen LogP contribution in [0, 0.1) is 0 Å². The number of carbonyl (C=O) groups excluding carboxylic acids is 2. The summed E-state index contributed by atoms with van der Waals surface area (Å²) in [5, 5.41) is 8.70. The smallest absolute Gasteiger partial charge is 0.323 e. The van der Waals surface area contributed by atoms with Gasteiger partial charge in [0, 0.05) is 35.5 Å². The number of anilines is 3. The molecule has 3 aromatic rings. The molecule has 1 heterocycles. The number of urea groups is 1. The Morgan fingerprint density at radius 2 is 1.61 bits per heavy atom. The molecule has 33 heavy (non-hydrogen) atoms. The lowest BCUT2D eigenvalue weighted by molar-refractivity contribution is 0.0954. The lowest BCUT2D eigenvalue weighted by Crippen LogP contribution is -2.29. The number of hydrogen-bond donors (Lipinski definition) is 3. The van der Waals surface area contributed by atoms with E-state index in [0.29, 0.717) is 23.5 Å². The largest absolute Gasteiger partial charge is 0.371 e. The third-order valence-corrected chi connectivity index (χ3v) is 6.30. The molecule has 0 radical (unpaired) electrons. The molecular formula is C26H27BrN4O2. The number of carbonyl (C=O) groups is 2. The average molecular weight is 507 g/mol. The number of benzene rings is 3. The first-order valence-corrected chi connectivity index (χ1v) is 11.9. The maximum Gasteiger partial charge on any atom is 0.323 e. The van der Waals surface area contributed by atoms with E-state index in [1.165, 1.54) is 5.56 Å². The number of hydrogen-bond acceptors (Lipinski definition) is 3. The van der Waals surface area contributed by atoms with Crippen LogP contribution in [0.15, 0.2) is 77.3 Å². The van der Waals surface area contributed by atoms with Crippen molar-refractivity contribution in [3.05, 3.63) is 88.4 Å². The van der Waals surface area contributed by atoms with Gasteiger partial charge in [-0.1, -0.05) is 42.5 Å². The van der Waals surface area contributed by atoms with Crippen molar-refractivity contribution in [2.24, 2.45) is 0 Å². The fourth-order valence-corrected chi connectivity index (χ4v) is 4.32.